The van der Waals surface area contributed by atoms with Crippen molar-refractivity contribution in [1.82, 2.24) is 14.8 Å². The highest BCUT2D eigenvalue weighted by molar-refractivity contribution is 7.99. The molecule has 0 atom stereocenters. The second-order valence-corrected chi connectivity index (χ2v) is 8.49. The van der Waals surface area contributed by atoms with Gasteiger partial charge < -0.3 is 9.88 Å². The molecule has 2 aromatic rings. The summed E-state index contributed by atoms with van der Waals surface area (Å²) < 4.78 is 2.22. The number of benzene rings is 1. The van der Waals surface area contributed by atoms with Crippen molar-refractivity contribution in [1.29, 1.82) is 0 Å². The van der Waals surface area contributed by atoms with Crippen LogP contribution in [0.2, 0.25) is 15.1 Å². The molecular formula is C16H15Cl3N4OS. The highest BCUT2D eigenvalue weighted by Gasteiger charge is 2.36. The summed E-state index contributed by atoms with van der Waals surface area (Å²) in [6.07, 6.45) is 4.69. The zero-order chi connectivity index (χ0) is 17.6. The number of nitrogens with one attached hydrogen (secondary N) is 1. The van der Waals surface area contributed by atoms with Gasteiger partial charge in [0.2, 0.25) is 5.91 Å². The van der Waals surface area contributed by atoms with Gasteiger partial charge >= 0.3 is 0 Å². The van der Waals surface area contributed by atoms with Crippen LogP contribution in [0.15, 0.2) is 17.3 Å². The van der Waals surface area contributed by atoms with Crippen LogP contribution in [-0.4, -0.2) is 26.4 Å². The highest BCUT2D eigenvalue weighted by Crippen LogP contribution is 2.46. The average molecular weight is 418 g/mol. The van der Waals surface area contributed by atoms with Gasteiger partial charge in [0.1, 0.15) is 5.82 Å². The van der Waals surface area contributed by atoms with Gasteiger partial charge in [-0.3, -0.25) is 4.79 Å². The van der Waals surface area contributed by atoms with Gasteiger partial charge in [0.25, 0.3) is 0 Å². The van der Waals surface area contributed by atoms with Crippen LogP contribution in [0.1, 0.15) is 43.5 Å². The number of amides is 1. The van der Waals surface area contributed by atoms with E-state index in [-0.39, 0.29) is 11.7 Å². The van der Waals surface area contributed by atoms with E-state index in [2.05, 4.69) is 20.1 Å². The standard InChI is InChI=1S/C16H15Cl3N4OS/c17-9-5-11(18)14(12(19)6-9)20-13(24)7-25-16-22-21-15(8-1-2-8)23(16)10-3-4-10/h5-6,8,10H,1-4,7H2,(H,20,24). The Labute approximate surface area is 164 Å². The molecule has 9 heteroatoms. The Bertz CT molecular complexity index is 810. The first-order valence-corrected chi connectivity index (χ1v) is 10.2. The maximum Gasteiger partial charge on any atom is 0.234 e. The van der Waals surface area contributed by atoms with E-state index in [1.54, 1.807) is 12.1 Å². The summed E-state index contributed by atoms with van der Waals surface area (Å²) in [6, 6.07) is 3.59. The molecule has 2 saturated carbocycles. The van der Waals surface area contributed by atoms with Crippen molar-refractivity contribution in [2.75, 3.05) is 11.1 Å². The Kier molecular flexibility index (Phi) is 4.88. The molecule has 1 aromatic carbocycles. The molecule has 0 radical (unpaired) electrons. The van der Waals surface area contributed by atoms with Gasteiger partial charge in [0, 0.05) is 17.0 Å². The van der Waals surface area contributed by atoms with Gasteiger partial charge in [-0.25, -0.2) is 0 Å². The van der Waals surface area contributed by atoms with Crippen LogP contribution in [0, 0.1) is 0 Å². The van der Waals surface area contributed by atoms with Crippen molar-refractivity contribution in [3.05, 3.63) is 33.0 Å². The molecule has 1 aromatic heterocycles. The Morgan fingerprint density at radius 1 is 1.16 bits per heavy atom. The second kappa shape index (κ2) is 6.99. The molecule has 0 aliphatic heterocycles. The number of rotatable bonds is 6. The molecule has 132 valence electrons. The third kappa shape index (κ3) is 3.92. The smallest absolute Gasteiger partial charge is 0.234 e. The van der Waals surface area contributed by atoms with Crippen LogP contribution in [0.4, 0.5) is 5.69 Å². The maximum atomic E-state index is 12.3. The number of carbonyl (C=O) groups is 1. The summed E-state index contributed by atoms with van der Waals surface area (Å²) >= 11 is 19.5. The molecule has 2 aliphatic rings. The van der Waals surface area contributed by atoms with E-state index in [4.69, 9.17) is 34.8 Å². The SMILES string of the molecule is O=C(CSc1nnc(C2CC2)n1C1CC1)Nc1c(Cl)cc(Cl)cc1Cl. The summed E-state index contributed by atoms with van der Waals surface area (Å²) in [5, 5.41) is 13.2. The summed E-state index contributed by atoms with van der Waals surface area (Å²) in [4.78, 5) is 12.3. The summed E-state index contributed by atoms with van der Waals surface area (Å²) in [7, 11) is 0. The lowest BCUT2D eigenvalue weighted by molar-refractivity contribution is -0.113. The monoisotopic (exact) mass is 416 g/mol. The molecule has 0 spiro atoms. The van der Waals surface area contributed by atoms with E-state index in [9.17, 15) is 4.79 Å². The van der Waals surface area contributed by atoms with Gasteiger partial charge in [0.05, 0.1) is 21.5 Å². The van der Waals surface area contributed by atoms with E-state index in [0.29, 0.717) is 32.7 Å². The molecule has 2 fully saturated rings. The number of thioether (sulfide) groups is 1. The first kappa shape index (κ1) is 17.5. The minimum atomic E-state index is -0.200. The molecule has 5 nitrogen and oxygen atoms in total. The zero-order valence-corrected chi connectivity index (χ0v) is 16.2. The van der Waals surface area contributed by atoms with E-state index < -0.39 is 0 Å². The number of halogens is 3. The fraction of sp³-hybridized carbons (Fsp3) is 0.438. The Morgan fingerprint density at radius 3 is 2.44 bits per heavy atom. The van der Waals surface area contributed by atoms with Crippen molar-refractivity contribution < 1.29 is 4.79 Å². The zero-order valence-electron chi connectivity index (χ0n) is 13.1. The molecule has 1 amide bonds. The van der Waals surface area contributed by atoms with E-state index >= 15 is 0 Å². The molecular weight excluding hydrogens is 403 g/mol. The Morgan fingerprint density at radius 2 is 1.84 bits per heavy atom. The van der Waals surface area contributed by atoms with Crippen LogP contribution in [-0.2, 0) is 4.79 Å². The molecule has 0 unspecified atom stereocenters. The van der Waals surface area contributed by atoms with Crippen LogP contribution in [0.3, 0.4) is 0 Å². The van der Waals surface area contributed by atoms with Gasteiger partial charge in [0.15, 0.2) is 5.16 Å². The lowest BCUT2D eigenvalue weighted by atomic mass is 10.3. The first-order chi connectivity index (χ1) is 12.0. The summed E-state index contributed by atoms with van der Waals surface area (Å²) in [5.41, 5.74) is 0.376. The molecule has 2 aliphatic carbocycles. The maximum absolute atomic E-state index is 12.3. The van der Waals surface area contributed by atoms with Gasteiger partial charge in [-0.1, -0.05) is 46.6 Å². The number of hydrogen-bond donors (Lipinski definition) is 1. The van der Waals surface area contributed by atoms with Crippen LogP contribution >= 0.6 is 46.6 Å². The predicted molar refractivity (Wildman–Crippen MR) is 101 cm³/mol. The van der Waals surface area contributed by atoms with E-state index in [1.807, 2.05) is 0 Å². The molecule has 1 heterocycles. The van der Waals surface area contributed by atoms with Gasteiger partial charge in [-0.15, -0.1) is 10.2 Å². The first-order valence-electron chi connectivity index (χ1n) is 8.05. The van der Waals surface area contributed by atoms with E-state index in [1.165, 1.54) is 24.6 Å². The molecule has 0 saturated heterocycles. The van der Waals surface area contributed by atoms with Crippen LogP contribution in [0.5, 0.6) is 0 Å². The molecule has 4 rings (SSSR count). The summed E-state index contributed by atoms with van der Waals surface area (Å²) in [5.74, 6) is 1.64. The molecule has 1 N–H and O–H groups in total. The fourth-order valence-electron chi connectivity index (χ4n) is 2.65. The lowest BCUT2D eigenvalue weighted by Crippen LogP contribution is -2.15. The van der Waals surface area contributed by atoms with E-state index in [0.717, 1.165) is 23.8 Å². The van der Waals surface area contributed by atoms with Crippen molar-refractivity contribution in [3.8, 4) is 0 Å². The number of nitrogens with zero attached hydrogens (tertiary/aromatic N) is 3. The topological polar surface area (TPSA) is 59.8 Å². The minimum Gasteiger partial charge on any atom is -0.323 e. The minimum absolute atomic E-state index is 0.200. The average Bonchev–Trinajstić information content (AvgIpc) is 3.47. The third-order valence-corrected chi connectivity index (χ3v) is 5.91. The number of anilines is 1. The Balaban J connectivity index is 1.43. The highest BCUT2D eigenvalue weighted by atomic mass is 35.5. The fourth-order valence-corrected chi connectivity index (χ4v) is 4.37. The van der Waals surface area contributed by atoms with Gasteiger partial charge in [-0.05, 0) is 37.8 Å². The molecule has 0 bridgehead atoms. The van der Waals surface area contributed by atoms with Crippen LogP contribution < -0.4 is 5.32 Å². The van der Waals surface area contributed by atoms with Crippen molar-refractivity contribution in [2.24, 2.45) is 0 Å². The largest absolute Gasteiger partial charge is 0.323 e. The normalized spacial score (nSPS) is 16.9. The van der Waals surface area contributed by atoms with Gasteiger partial charge in [-0.2, -0.15) is 0 Å². The van der Waals surface area contributed by atoms with Crippen LogP contribution in [0.25, 0.3) is 0 Å². The number of carbonyl (C=O) groups excluding carboxylic acids is 1. The second-order valence-electron chi connectivity index (χ2n) is 6.30. The Hall–Kier alpha value is -0.950. The van der Waals surface area contributed by atoms with Crippen molar-refractivity contribution in [3.63, 3.8) is 0 Å². The van der Waals surface area contributed by atoms with Crippen molar-refractivity contribution >= 4 is 58.2 Å². The lowest BCUT2D eigenvalue weighted by Gasteiger charge is -2.10. The third-order valence-electron chi connectivity index (χ3n) is 4.15. The molecule has 25 heavy (non-hydrogen) atoms. The number of hydrogen-bond acceptors (Lipinski definition) is 4. The quantitative estimate of drug-likeness (QED) is 0.658. The predicted octanol–water partition coefficient (Wildman–Crippen LogP) is 5.18. The summed E-state index contributed by atoms with van der Waals surface area (Å²) in [6.45, 7) is 0. The number of aromatic nitrogens is 3. The van der Waals surface area contributed by atoms with Crippen molar-refractivity contribution in [2.45, 2.75) is 42.8 Å².